The molecule has 0 radical (unpaired) electrons. The normalized spacial score (nSPS) is 20.8. The summed E-state index contributed by atoms with van der Waals surface area (Å²) in [5.74, 6) is 0.0831. The van der Waals surface area contributed by atoms with E-state index < -0.39 is 25.1 Å². The van der Waals surface area contributed by atoms with Gasteiger partial charge < -0.3 is 4.74 Å². The van der Waals surface area contributed by atoms with Crippen molar-refractivity contribution >= 4 is 31.5 Å². The molecule has 9 heteroatoms. The van der Waals surface area contributed by atoms with Crippen molar-refractivity contribution in [1.29, 1.82) is 0 Å². The lowest BCUT2D eigenvalue weighted by atomic mass is 10.2. The molecule has 0 amide bonds. The molecule has 0 aromatic rings. The monoisotopic (exact) mass is 333 g/mol. The third-order valence-electron chi connectivity index (χ3n) is 3.16. The van der Waals surface area contributed by atoms with E-state index >= 15 is 0 Å². The third kappa shape index (κ3) is 4.86. The highest BCUT2D eigenvalue weighted by Crippen LogP contribution is 2.22. The smallest absolute Gasteiger partial charge is 0.217 e. The van der Waals surface area contributed by atoms with Crippen LogP contribution in [0, 0.1) is 0 Å². The molecule has 0 atom stereocenters. The van der Waals surface area contributed by atoms with Crippen LogP contribution in [0.25, 0.3) is 0 Å². The van der Waals surface area contributed by atoms with Gasteiger partial charge in [-0.25, -0.2) is 16.8 Å². The van der Waals surface area contributed by atoms with E-state index in [0.717, 1.165) is 0 Å². The first-order chi connectivity index (χ1) is 8.83. The van der Waals surface area contributed by atoms with Crippen molar-refractivity contribution in [2.24, 2.45) is 0 Å². The standard InChI is InChI=1S/C10H20ClNO5S2/c1-17-7-6-12(5-4-11)19(15,16)10-2-8-18(13,14)9-3-10/h10H,2-9H2,1H3. The maximum Gasteiger partial charge on any atom is 0.217 e. The zero-order valence-electron chi connectivity index (χ0n) is 10.9. The van der Waals surface area contributed by atoms with Crippen molar-refractivity contribution in [3.05, 3.63) is 0 Å². The van der Waals surface area contributed by atoms with Crippen LogP contribution in [0.5, 0.6) is 0 Å². The van der Waals surface area contributed by atoms with Gasteiger partial charge in [-0.3, -0.25) is 0 Å². The molecule has 19 heavy (non-hydrogen) atoms. The average molecular weight is 334 g/mol. The van der Waals surface area contributed by atoms with Gasteiger partial charge in [-0.15, -0.1) is 11.6 Å². The molecule has 0 unspecified atom stereocenters. The summed E-state index contributed by atoms with van der Waals surface area (Å²) < 4.78 is 53.7. The van der Waals surface area contributed by atoms with Crippen molar-refractivity contribution in [1.82, 2.24) is 4.31 Å². The Balaban J connectivity index is 2.76. The number of alkyl halides is 1. The number of rotatable bonds is 7. The summed E-state index contributed by atoms with van der Waals surface area (Å²) in [6, 6.07) is 0. The molecule has 1 aliphatic rings. The van der Waals surface area contributed by atoms with Crippen molar-refractivity contribution < 1.29 is 21.6 Å². The van der Waals surface area contributed by atoms with Crippen molar-refractivity contribution in [2.75, 3.05) is 44.2 Å². The van der Waals surface area contributed by atoms with Crippen molar-refractivity contribution in [3.63, 3.8) is 0 Å². The lowest BCUT2D eigenvalue weighted by Gasteiger charge is -2.29. The summed E-state index contributed by atoms with van der Waals surface area (Å²) >= 11 is 5.62. The average Bonchev–Trinajstić information content (AvgIpc) is 2.33. The fourth-order valence-electron chi connectivity index (χ4n) is 2.03. The van der Waals surface area contributed by atoms with Gasteiger partial charge in [0.15, 0.2) is 0 Å². The highest BCUT2D eigenvalue weighted by Gasteiger charge is 2.36. The number of halogens is 1. The highest BCUT2D eigenvalue weighted by atomic mass is 35.5. The fourth-order valence-corrected chi connectivity index (χ4v) is 6.05. The third-order valence-corrected chi connectivity index (χ3v) is 7.44. The van der Waals surface area contributed by atoms with Crippen molar-refractivity contribution in [3.8, 4) is 0 Å². The quantitative estimate of drug-likeness (QED) is 0.616. The molecular formula is C10H20ClNO5S2. The van der Waals surface area contributed by atoms with E-state index in [2.05, 4.69) is 0 Å². The molecule has 1 heterocycles. The summed E-state index contributed by atoms with van der Waals surface area (Å²) in [6.07, 6.45) is 0.326. The molecule has 0 spiro atoms. The zero-order valence-corrected chi connectivity index (χ0v) is 13.3. The van der Waals surface area contributed by atoms with Gasteiger partial charge >= 0.3 is 0 Å². The van der Waals surface area contributed by atoms with Crippen LogP contribution in [0.3, 0.4) is 0 Å². The molecule has 1 rings (SSSR count). The number of ether oxygens (including phenoxy) is 1. The Kier molecular flexibility index (Phi) is 6.52. The number of hydrogen-bond acceptors (Lipinski definition) is 5. The van der Waals surface area contributed by atoms with E-state index in [1.165, 1.54) is 11.4 Å². The van der Waals surface area contributed by atoms with Gasteiger partial charge in [0.2, 0.25) is 10.0 Å². The van der Waals surface area contributed by atoms with E-state index in [0.29, 0.717) is 6.61 Å². The maximum absolute atomic E-state index is 12.4. The molecule has 114 valence electrons. The molecule has 0 N–H and O–H groups in total. The van der Waals surface area contributed by atoms with Crippen LogP contribution in [-0.4, -0.2) is 70.6 Å². The Morgan fingerprint density at radius 3 is 2.32 bits per heavy atom. The van der Waals surface area contributed by atoms with E-state index in [1.54, 1.807) is 0 Å². The van der Waals surface area contributed by atoms with Crippen LogP contribution in [-0.2, 0) is 24.6 Å². The van der Waals surface area contributed by atoms with Crippen LogP contribution < -0.4 is 0 Å². The SMILES string of the molecule is COCCN(CCCl)S(=O)(=O)C1CCS(=O)(=O)CC1. The highest BCUT2D eigenvalue weighted by molar-refractivity contribution is 7.92. The summed E-state index contributed by atoms with van der Waals surface area (Å²) in [5, 5.41) is -0.629. The van der Waals surface area contributed by atoms with Crippen LogP contribution in [0.15, 0.2) is 0 Å². The molecule has 0 aromatic heterocycles. The Bertz CT molecular complexity index is 462. The van der Waals surface area contributed by atoms with Crippen LogP contribution >= 0.6 is 11.6 Å². The van der Waals surface area contributed by atoms with E-state index in [1.807, 2.05) is 0 Å². The molecule has 0 saturated carbocycles. The van der Waals surface area contributed by atoms with E-state index in [-0.39, 0.29) is 43.3 Å². The molecular weight excluding hydrogens is 314 g/mol. The van der Waals surface area contributed by atoms with Crippen LogP contribution in [0.4, 0.5) is 0 Å². The Morgan fingerprint density at radius 2 is 1.84 bits per heavy atom. The van der Waals surface area contributed by atoms with Gasteiger partial charge in [-0.05, 0) is 12.8 Å². The van der Waals surface area contributed by atoms with Gasteiger partial charge in [0.25, 0.3) is 0 Å². The van der Waals surface area contributed by atoms with Crippen LogP contribution in [0.1, 0.15) is 12.8 Å². The van der Waals surface area contributed by atoms with Gasteiger partial charge in [-0.1, -0.05) is 0 Å². The Labute approximate surface area is 120 Å². The van der Waals surface area contributed by atoms with Crippen LogP contribution in [0.2, 0.25) is 0 Å². The summed E-state index contributed by atoms with van der Waals surface area (Å²) in [6.45, 7) is 0.756. The van der Waals surface area contributed by atoms with Crippen molar-refractivity contribution in [2.45, 2.75) is 18.1 Å². The largest absolute Gasteiger partial charge is 0.383 e. The lowest BCUT2D eigenvalue weighted by molar-refractivity contribution is 0.180. The Hall–Kier alpha value is 0.110. The maximum atomic E-state index is 12.4. The number of hydrogen-bond donors (Lipinski definition) is 0. The van der Waals surface area contributed by atoms with Gasteiger partial charge in [0, 0.05) is 26.1 Å². The predicted octanol–water partition coefficient (Wildman–Crippen LogP) is 0.0806. The second-order valence-corrected chi connectivity index (χ2v) is 9.37. The van der Waals surface area contributed by atoms with Gasteiger partial charge in [-0.2, -0.15) is 4.31 Å². The number of nitrogens with zero attached hydrogens (tertiary/aromatic N) is 1. The summed E-state index contributed by atoms with van der Waals surface area (Å²) in [4.78, 5) is 0. The number of sulfonamides is 1. The minimum Gasteiger partial charge on any atom is -0.383 e. The second-order valence-electron chi connectivity index (χ2n) is 4.48. The van der Waals surface area contributed by atoms with Gasteiger partial charge in [0.1, 0.15) is 9.84 Å². The fraction of sp³-hybridized carbons (Fsp3) is 1.00. The molecule has 1 saturated heterocycles. The second kappa shape index (κ2) is 7.21. The summed E-state index contributed by atoms with van der Waals surface area (Å²) in [5.41, 5.74) is 0. The van der Waals surface area contributed by atoms with E-state index in [4.69, 9.17) is 16.3 Å². The van der Waals surface area contributed by atoms with E-state index in [9.17, 15) is 16.8 Å². The topological polar surface area (TPSA) is 80.8 Å². The lowest BCUT2D eigenvalue weighted by Crippen LogP contribution is -2.44. The Morgan fingerprint density at radius 1 is 1.26 bits per heavy atom. The van der Waals surface area contributed by atoms with Gasteiger partial charge in [0.05, 0.1) is 23.4 Å². The summed E-state index contributed by atoms with van der Waals surface area (Å²) in [7, 11) is -5.07. The first-order valence-corrected chi connectivity index (χ1v) is 9.93. The molecule has 0 bridgehead atoms. The minimum atomic E-state index is -3.50. The molecule has 1 aliphatic heterocycles. The first kappa shape index (κ1) is 17.2. The predicted molar refractivity (Wildman–Crippen MR) is 74.8 cm³/mol. The number of methoxy groups -OCH3 is 1. The molecule has 0 aromatic carbocycles. The zero-order chi connectivity index (χ0) is 14.5. The molecule has 0 aliphatic carbocycles. The number of sulfone groups is 1. The molecule has 6 nitrogen and oxygen atoms in total. The minimum absolute atomic E-state index is 0.0596. The molecule has 1 fully saturated rings. The first-order valence-electron chi connectivity index (χ1n) is 6.08.